The molecule has 1 aromatic carbocycles. The van der Waals surface area contributed by atoms with E-state index in [0.717, 1.165) is 18.7 Å². The smallest absolute Gasteiger partial charge is 0.263 e. The molecule has 0 aliphatic heterocycles. The Balaban J connectivity index is 2.13. The van der Waals surface area contributed by atoms with Crippen LogP contribution in [0.2, 0.25) is 0 Å². The molecule has 7 nitrogen and oxygen atoms in total. The van der Waals surface area contributed by atoms with Crippen LogP contribution in [0.25, 0.3) is 0 Å². The number of aromatic nitrogens is 2. The second kappa shape index (κ2) is 7.79. The van der Waals surface area contributed by atoms with Gasteiger partial charge in [0, 0.05) is 13.1 Å². The van der Waals surface area contributed by atoms with Crippen LogP contribution in [0.15, 0.2) is 29.2 Å². The summed E-state index contributed by atoms with van der Waals surface area (Å²) in [6.45, 7) is 7.11. The van der Waals surface area contributed by atoms with Gasteiger partial charge in [0.25, 0.3) is 10.0 Å². The van der Waals surface area contributed by atoms with Crippen LogP contribution in [-0.4, -0.2) is 50.7 Å². The van der Waals surface area contributed by atoms with E-state index >= 15 is 0 Å². The Morgan fingerprint density at radius 3 is 2.08 bits per heavy atom. The van der Waals surface area contributed by atoms with Gasteiger partial charge in [0.05, 0.1) is 4.90 Å². The Bertz CT molecular complexity index is 810. The van der Waals surface area contributed by atoms with E-state index in [0.29, 0.717) is 16.9 Å². The van der Waals surface area contributed by atoms with Crippen molar-refractivity contribution >= 4 is 21.7 Å². The van der Waals surface area contributed by atoms with Gasteiger partial charge in [0.1, 0.15) is 5.82 Å². The Hall–Kier alpha value is -2.19. The molecule has 1 aromatic heterocycles. The third-order valence-electron chi connectivity index (χ3n) is 3.64. The molecule has 0 spiro atoms. The summed E-state index contributed by atoms with van der Waals surface area (Å²) in [6.07, 6.45) is 0. The number of aryl methyl sites for hydroxylation is 3. The van der Waals surface area contributed by atoms with Gasteiger partial charge < -0.3 is 10.2 Å². The number of benzene rings is 1. The predicted octanol–water partition coefficient (Wildman–Crippen LogP) is 2.18. The number of sulfonamides is 1. The van der Waals surface area contributed by atoms with Crippen LogP contribution in [0.4, 0.5) is 11.6 Å². The van der Waals surface area contributed by atoms with E-state index in [4.69, 9.17) is 0 Å². The molecule has 1 heterocycles. The summed E-state index contributed by atoms with van der Waals surface area (Å²) < 4.78 is 27.9. The monoisotopic (exact) mass is 363 g/mol. The first-order valence-corrected chi connectivity index (χ1v) is 9.50. The third kappa shape index (κ3) is 5.14. The minimum atomic E-state index is -3.71. The van der Waals surface area contributed by atoms with Gasteiger partial charge in [-0.3, -0.25) is 4.72 Å². The van der Waals surface area contributed by atoms with Crippen LogP contribution in [0.1, 0.15) is 16.7 Å². The summed E-state index contributed by atoms with van der Waals surface area (Å²) in [6, 6.07) is 7.01. The molecule has 0 bridgehead atoms. The second-order valence-electron chi connectivity index (χ2n) is 6.37. The Morgan fingerprint density at radius 2 is 1.56 bits per heavy atom. The predicted molar refractivity (Wildman–Crippen MR) is 101 cm³/mol. The van der Waals surface area contributed by atoms with Gasteiger partial charge in [-0.15, -0.1) is 10.2 Å². The first kappa shape index (κ1) is 19.1. The number of hydrogen-bond acceptors (Lipinski definition) is 6. The van der Waals surface area contributed by atoms with Crippen LogP contribution in [0, 0.1) is 20.8 Å². The topological polar surface area (TPSA) is 87.2 Å². The van der Waals surface area contributed by atoms with Crippen LogP contribution in [0.3, 0.4) is 0 Å². The molecule has 2 rings (SSSR count). The van der Waals surface area contributed by atoms with Crippen molar-refractivity contribution in [3.05, 3.63) is 41.0 Å². The van der Waals surface area contributed by atoms with E-state index < -0.39 is 10.0 Å². The summed E-state index contributed by atoms with van der Waals surface area (Å²) in [7, 11) is 0.261. The van der Waals surface area contributed by atoms with Crippen molar-refractivity contribution in [2.24, 2.45) is 0 Å². The third-order valence-corrected chi connectivity index (χ3v) is 5.30. The summed E-state index contributed by atoms with van der Waals surface area (Å²) >= 11 is 0. The van der Waals surface area contributed by atoms with E-state index in [1.807, 2.05) is 33.2 Å². The van der Waals surface area contributed by atoms with Crippen molar-refractivity contribution in [2.75, 3.05) is 37.2 Å². The number of likely N-dealkylation sites (N-methyl/N-ethyl adjacent to an activating group) is 1. The van der Waals surface area contributed by atoms with Crippen molar-refractivity contribution in [2.45, 2.75) is 25.7 Å². The number of hydrogen-bond donors (Lipinski definition) is 2. The largest absolute Gasteiger partial charge is 0.367 e. The van der Waals surface area contributed by atoms with E-state index in [-0.39, 0.29) is 10.7 Å². The fourth-order valence-corrected chi connectivity index (χ4v) is 4.12. The molecule has 136 valence electrons. The van der Waals surface area contributed by atoms with E-state index in [2.05, 4.69) is 25.1 Å². The van der Waals surface area contributed by atoms with Crippen LogP contribution in [-0.2, 0) is 10.0 Å². The van der Waals surface area contributed by atoms with Crippen LogP contribution >= 0.6 is 0 Å². The highest BCUT2D eigenvalue weighted by molar-refractivity contribution is 7.92. The average Bonchev–Trinajstić information content (AvgIpc) is 2.46. The van der Waals surface area contributed by atoms with Crippen molar-refractivity contribution in [3.8, 4) is 0 Å². The van der Waals surface area contributed by atoms with Gasteiger partial charge >= 0.3 is 0 Å². The normalized spacial score (nSPS) is 11.6. The van der Waals surface area contributed by atoms with E-state index in [1.165, 1.54) is 0 Å². The molecule has 0 fully saturated rings. The molecular weight excluding hydrogens is 338 g/mol. The molecule has 0 radical (unpaired) electrons. The zero-order valence-corrected chi connectivity index (χ0v) is 16.1. The Labute approximate surface area is 149 Å². The molecule has 0 aliphatic carbocycles. The summed E-state index contributed by atoms with van der Waals surface area (Å²) in [5.74, 6) is 0.796. The van der Waals surface area contributed by atoms with Crippen molar-refractivity contribution in [1.82, 2.24) is 15.1 Å². The van der Waals surface area contributed by atoms with Crippen LogP contribution in [0.5, 0.6) is 0 Å². The van der Waals surface area contributed by atoms with Gasteiger partial charge in [0.15, 0.2) is 5.82 Å². The lowest BCUT2D eigenvalue weighted by atomic mass is 10.1. The molecule has 25 heavy (non-hydrogen) atoms. The lowest BCUT2D eigenvalue weighted by molar-refractivity contribution is 0.425. The lowest BCUT2D eigenvalue weighted by Crippen LogP contribution is -2.21. The van der Waals surface area contributed by atoms with Crippen molar-refractivity contribution < 1.29 is 8.42 Å². The number of nitrogens with zero attached hydrogens (tertiary/aromatic N) is 3. The maximum atomic E-state index is 12.7. The minimum Gasteiger partial charge on any atom is -0.367 e. The highest BCUT2D eigenvalue weighted by atomic mass is 32.2. The van der Waals surface area contributed by atoms with E-state index in [1.54, 1.807) is 26.0 Å². The van der Waals surface area contributed by atoms with Gasteiger partial charge in [0.2, 0.25) is 0 Å². The molecule has 0 saturated carbocycles. The molecule has 0 unspecified atom stereocenters. The second-order valence-corrected chi connectivity index (χ2v) is 7.99. The standard InChI is InChI=1S/C17H25N5O2S/c1-12-10-13(2)17(14(3)11-12)25(23,24)21-16-7-6-15(19-20-16)18-8-9-22(4)5/h6-7,10-11H,8-9H2,1-5H3,(H,18,19)(H,20,21). The quantitative estimate of drug-likeness (QED) is 0.784. The van der Waals surface area contributed by atoms with Crippen LogP contribution < -0.4 is 10.0 Å². The van der Waals surface area contributed by atoms with Gasteiger partial charge in [-0.05, 0) is 58.1 Å². The molecule has 0 amide bonds. The maximum absolute atomic E-state index is 12.7. The molecule has 0 saturated heterocycles. The van der Waals surface area contributed by atoms with Gasteiger partial charge in [-0.25, -0.2) is 8.42 Å². The molecule has 0 aliphatic rings. The van der Waals surface area contributed by atoms with Crippen molar-refractivity contribution in [3.63, 3.8) is 0 Å². The highest BCUT2D eigenvalue weighted by Gasteiger charge is 2.20. The summed E-state index contributed by atoms with van der Waals surface area (Å²) in [4.78, 5) is 2.34. The number of anilines is 2. The summed E-state index contributed by atoms with van der Waals surface area (Å²) in [5.41, 5.74) is 2.45. The first-order valence-electron chi connectivity index (χ1n) is 8.02. The molecule has 2 N–H and O–H groups in total. The zero-order valence-electron chi connectivity index (χ0n) is 15.3. The zero-order chi connectivity index (χ0) is 18.6. The highest BCUT2D eigenvalue weighted by Crippen LogP contribution is 2.23. The molecule has 0 atom stereocenters. The lowest BCUT2D eigenvalue weighted by Gasteiger charge is -2.13. The minimum absolute atomic E-state index is 0.192. The average molecular weight is 363 g/mol. The maximum Gasteiger partial charge on any atom is 0.263 e. The fourth-order valence-electron chi connectivity index (χ4n) is 2.67. The summed E-state index contributed by atoms with van der Waals surface area (Å²) in [5, 5.41) is 11.1. The molecule has 8 heteroatoms. The molecule has 2 aromatic rings. The Kier molecular flexibility index (Phi) is 5.97. The number of nitrogens with one attached hydrogen (secondary N) is 2. The van der Waals surface area contributed by atoms with Gasteiger partial charge in [-0.1, -0.05) is 17.7 Å². The fraction of sp³-hybridized carbons (Fsp3) is 0.412. The van der Waals surface area contributed by atoms with Gasteiger partial charge in [-0.2, -0.15) is 0 Å². The first-order chi connectivity index (χ1) is 11.7. The SMILES string of the molecule is Cc1cc(C)c(S(=O)(=O)Nc2ccc(NCCN(C)C)nn2)c(C)c1. The van der Waals surface area contributed by atoms with Crippen molar-refractivity contribution in [1.29, 1.82) is 0 Å². The van der Waals surface area contributed by atoms with E-state index in [9.17, 15) is 8.42 Å². The molecular formula is C17H25N5O2S. The Morgan fingerprint density at radius 1 is 1.00 bits per heavy atom. The number of rotatable bonds is 7.